The fourth-order valence-corrected chi connectivity index (χ4v) is 3.00. The van der Waals surface area contributed by atoms with Gasteiger partial charge in [0.2, 0.25) is 0 Å². The lowest BCUT2D eigenvalue weighted by Crippen LogP contribution is -2.22. The third-order valence-electron chi connectivity index (χ3n) is 2.95. The summed E-state index contributed by atoms with van der Waals surface area (Å²) in [7, 11) is 1.56. The lowest BCUT2D eigenvalue weighted by molar-refractivity contribution is 0.414. The van der Waals surface area contributed by atoms with Gasteiger partial charge in [-0.25, -0.2) is 0 Å². The average Bonchev–Trinajstić information content (AvgIpc) is 2.84. The molecule has 0 bridgehead atoms. The summed E-state index contributed by atoms with van der Waals surface area (Å²) in [6.07, 6.45) is 1.63. The van der Waals surface area contributed by atoms with Gasteiger partial charge in [-0.3, -0.25) is 0 Å². The smallest absolute Gasteiger partial charge is 0.174 e. The van der Waals surface area contributed by atoms with Crippen LogP contribution >= 0.6 is 39.1 Å². The molecule has 1 N–H and O–H groups in total. The molecule has 1 unspecified atom stereocenters. The Kier molecular flexibility index (Phi) is 5.38. The zero-order valence-electron chi connectivity index (χ0n) is 11.0. The van der Waals surface area contributed by atoms with Crippen molar-refractivity contribution in [2.24, 2.45) is 0 Å². The van der Waals surface area contributed by atoms with Crippen LogP contribution in [0.1, 0.15) is 24.1 Å². The highest BCUT2D eigenvalue weighted by Gasteiger charge is 2.22. The van der Waals surface area contributed by atoms with E-state index < -0.39 is 0 Å². The molecular weight excluding hydrogens is 365 g/mol. The molecular formula is C14H14BrCl2NO2. The number of rotatable bonds is 5. The number of nitrogens with one attached hydrogen (secondary N) is 1. The highest BCUT2D eigenvalue weighted by molar-refractivity contribution is 9.10. The van der Waals surface area contributed by atoms with Crippen LogP contribution in [-0.2, 0) is 0 Å². The summed E-state index contributed by atoms with van der Waals surface area (Å²) in [6, 6.07) is 5.32. The maximum Gasteiger partial charge on any atom is 0.174 e. The Hall–Kier alpha value is -0.680. The van der Waals surface area contributed by atoms with E-state index in [-0.39, 0.29) is 6.04 Å². The SMILES string of the molecule is CCNC(c1cc(Cl)c(OC)cc1Cl)c1ccoc1Br. The van der Waals surface area contributed by atoms with Crippen molar-refractivity contribution in [2.75, 3.05) is 13.7 Å². The molecule has 2 aromatic rings. The van der Waals surface area contributed by atoms with Crippen LogP contribution in [0.15, 0.2) is 33.5 Å². The minimum atomic E-state index is -0.107. The monoisotopic (exact) mass is 377 g/mol. The van der Waals surface area contributed by atoms with Gasteiger partial charge in [0.1, 0.15) is 5.75 Å². The van der Waals surface area contributed by atoms with Crippen molar-refractivity contribution in [3.63, 3.8) is 0 Å². The molecule has 1 atom stereocenters. The van der Waals surface area contributed by atoms with Gasteiger partial charge in [0, 0.05) is 16.7 Å². The van der Waals surface area contributed by atoms with Crippen molar-refractivity contribution >= 4 is 39.1 Å². The number of furan rings is 1. The Labute approximate surface area is 136 Å². The molecule has 0 amide bonds. The minimum Gasteiger partial charge on any atom is -0.495 e. The quantitative estimate of drug-likeness (QED) is 0.789. The van der Waals surface area contributed by atoms with Gasteiger partial charge in [0.05, 0.1) is 24.4 Å². The van der Waals surface area contributed by atoms with Crippen LogP contribution in [0.25, 0.3) is 0 Å². The van der Waals surface area contributed by atoms with Gasteiger partial charge in [0.25, 0.3) is 0 Å². The van der Waals surface area contributed by atoms with Crippen LogP contribution in [0.3, 0.4) is 0 Å². The molecule has 0 saturated carbocycles. The van der Waals surface area contributed by atoms with Crippen LogP contribution < -0.4 is 10.1 Å². The van der Waals surface area contributed by atoms with Gasteiger partial charge in [-0.1, -0.05) is 30.1 Å². The summed E-state index contributed by atoms with van der Waals surface area (Å²) in [5.74, 6) is 0.557. The molecule has 3 nitrogen and oxygen atoms in total. The largest absolute Gasteiger partial charge is 0.495 e. The fraction of sp³-hybridized carbons (Fsp3) is 0.286. The maximum atomic E-state index is 6.36. The van der Waals surface area contributed by atoms with Gasteiger partial charge in [-0.2, -0.15) is 0 Å². The number of hydrogen-bond donors (Lipinski definition) is 1. The van der Waals surface area contributed by atoms with Crippen molar-refractivity contribution in [1.29, 1.82) is 0 Å². The molecule has 2 rings (SSSR count). The predicted octanol–water partition coefficient (Wildman–Crippen LogP) is 5.06. The molecule has 0 spiro atoms. The second-order valence-electron chi connectivity index (χ2n) is 4.15. The number of ether oxygens (including phenoxy) is 1. The first kappa shape index (κ1) is 15.7. The third kappa shape index (κ3) is 3.14. The standard InChI is InChI=1S/C14H14BrCl2NO2/c1-3-18-13(8-4-5-20-14(8)15)9-6-11(17)12(19-2)7-10(9)16/h4-7,13,18H,3H2,1-2H3. The first-order valence-corrected chi connectivity index (χ1v) is 7.62. The van der Waals surface area contributed by atoms with E-state index in [0.29, 0.717) is 20.5 Å². The molecule has 108 valence electrons. The molecule has 0 aliphatic carbocycles. The molecule has 0 radical (unpaired) electrons. The third-order valence-corrected chi connectivity index (χ3v) is 4.21. The Morgan fingerprint density at radius 2 is 2.05 bits per heavy atom. The number of benzene rings is 1. The predicted molar refractivity (Wildman–Crippen MR) is 84.9 cm³/mol. The van der Waals surface area contributed by atoms with E-state index in [2.05, 4.69) is 21.2 Å². The topological polar surface area (TPSA) is 34.4 Å². The van der Waals surface area contributed by atoms with Crippen molar-refractivity contribution in [3.8, 4) is 5.75 Å². The van der Waals surface area contributed by atoms with Gasteiger partial charge < -0.3 is 14.5 Å². The highest BCUT2D eigenvalue weighted by Crippen LogP contribution is 2.38. The summed E-state index contributed by atoms with van der Waals surface area (Å²) >= 11 is 16.0. The number of halogens is 3. The van der Waals surface area contributed by atoms with E-state index >= 15 is 0 Å². The van der Waals surface area contributed by atoms with Crippen LogP contribution in [0.4, 0.5) is 0 Å². The van der Waals surface area contributed by atoms with E-state index in [4.69, 9.17) is 32.4 Å². The van der Waals surface area contributed by atoms with Gasteiger partial charge in [-0.15, -0.1) is 0 Å². The Bertz CT molecular complexity index is 601. The summed E-state index contributed by atoms with van der Waals surface area (Å²) in [5.41, 5.74) is 1.84. The van der Waals surface area contributed by atoms with E-state index in [1.165, 1.54) is 0 Å². The fourth-order valence-electron chi connectivity index (χ4n) is 2.02. The van der Waals surface area contributed by atoms with Crippen LogP contribution in [0.5, 0.6) is 5.75 Å². The first-order chi connectivity index (χ1) is 9.58. The van der Waals surface area contributed by atoms with Crippen LogP contribution in [0.2, 0.25) is 10.0 Å². The molecule has 0 aliphatic heterocycles. The zero-order valence-corrected chi connectivity index (χ0v) is 14.1. The van der Waals surface area contributed by atoms with E-state index in [1.54, 1.807) is 19.4 Å². The van der Waals surface area contributed by atoms with E-state index in [9.17, 15) is 0 Å². The molecule has 6 heteroatoms. The maximum absolute atomic E-state index is 6.36. The number of methoxy groups -OCH3 is 1. The Morgan fingerprint density at radius 1 is 1.30 bits per heavy atom. The van der Waals surface area contributed by atoms with Crippen molar-refractivity contribution in [1.82, 2.24) is 5.32 Å². The number of hydrogen-bond acceptors (Lipinski definition) is 3. The van der Waals surface area contributed by atoms with E-state index in [0.717, 1.165) is 17.7 Å². The molecule has 1 aromatic heterocycles. The van der Waals surface area contributed by atoms with Crippen molar-refractivity contribution in [3.05, 3.63) is 50.3 Å². The normalized spacial score (nSPS) is 12.4. The first-order valence-electron chi connectivity index (χ1n) is 6.07. The summed E-state index contributed by atoms with van der Waals surface area (Å²) in [4.78, 5) is 0. The van der Waals surface area contributed by atoms with Crippen molar-refractivity contribution < 1.29 is 9.15 Å². The van der Waals surface area contributed by atoms with Gasteiger partial charge in [-0.05, 0) is 40.2 Å². The molecule has 0 saturated heterocycles. The molecule has 1 heterocycles. The lowest BCUT2D eigenvalue weighted by atomic mass is 10.0. The average molecular weight is 379 g/mol. The Balaban J connectivity index is 2.50. The molecule has 0 aliphatic rings. The second kappa shape index (κ2) is 6.85. The van der Waals surface area contributed by atoms with E-state index in [1.807, 2.05) is 19.1 Å². The summed E-state index contributed by atoms with van der Waals surface area (Å²) in [5, 5.41) is 4.48. The van der Waals surface area contributed by atoms with Gasteiger partial charge in [0.15, 0.2) is 4.67 Å². The Morgan fingerprint density at radius 3 is 2.60 bits per heavy atom. The summed E-state index contributed by atoms with van der Waals surface area (Å²) in [6.45, 7) is 2.81. The zero-order chi connectivity index (χ0) is 14.7. The second-order valence-corrected chi connectivity index (χ2v) is 5.68. The lowest BCUT2D eigenvalue weighted by Gasteiger charge is -2.20. The van der Waals surface area contributed by atoms with Crippen LogP contribution in [0, 0.1) is 0 Å². The highest BCUT2D eigenvalue weighted by atomic mass is 79.9. The molecule has 20 heavy (non-hydrogen) atoms. The molecule has 1 aromatic carbocycles. The van der Waals surface area contributed by atoms with Crippen LogP contribution in [-0.4, -0.2) is 13.7 Å². The van der Waals surface area contributed by atoms with Crippen molar-refractivity contribution in [2.45, 2.75) is 13.0 Å². The minimum absolute atomic E-state index is 0.107. The molecule has 0 fully saturated rings. The summed E-state index contributed by atoms with van der Waals surface area (Å²) < 4.78 is 11.1. The van der Waals surface area contributed by atoms with Gasteiger partial charge >= 0.3 is 0 Å².